The first-order valence-electron chi connectivity index (χ1n) is 4.72. The molecule has 1 aliphatic heterocycles. The summed E-state index contributed by atoms with van der Waals surface area (Å²) >= 11 is 0. The average molecular weight is 226 g/mol. The average Bonchev–Trinajstić information content (AvgIpc) is 2.15. The van der Waals surface area contributed by atoms with Crippen LogP contribution in [0, 0.1) is 0 Å². The number of hydrazine groups is 1. The van der Waals surface area contributed by atoms with Crippen molar-refractivity contribution in [3.8, 4) is 0 Å². The number of ether oxygens (including phenoxy) is 1. The first-order valence-corrected chi connectivity index (χ1v) is 4.72. The number of nitrogens with one attached hydrogen (secondary N) is 1. The summed E-state index contributed by atoms with van der Waals surface area (Å²) in [6, 6.07) is 0. The van der Waals surface area contributed by atoms with Gasteiger partial charge in [0.2, 0.25) is 0 Å². The summed E-state index contributed by atoms with van der Waals surface area (Å²) in [5.41, 5.74) is 2.26. The van der Waals surface area contributed by atoms with E-state index in [0.717, 1.165) is 19.3 Å². The minimum Gasteiger partial charge on any atom is -0.439 e. The lowest BCUT2D eigenvalue weighted by atomic mass is 10.2. The highest BCUT2D eigenvalue weighted by atomic mass is 19.4. The number of carbonyl (C=O) groups is 1. The second-order valence-corrected chi connectivity index (χ2v) is 3.35. The van der Waals surface area contributed by atoms with Gasteiger partial charge in [0.1, 0.15) is 0 Å². The Morgan fingerprint density at radius 3 is 2.40 bits per heavy atom. The number of hydrogen-bond donors (Lipinski definition) is 1. The minimum absolute atomic E-state index is 0.654. The van der Waals surface area contributed by atoms with Gasteiger partial charge in [-0.25, -0.2) is 9.80 Å². The van der Waals surface area contributed by atoms with Gasteiger partial charge in [-0.1, -0.05) is 6.42 Å². The molecule has 88 valence electrons. The minimum atomic E-state index is -4.47. The molecule has 1 fully saturated rings. The largest absolute Gasteiger partial charge is 0.439 e. The molecular formula is C8H13F3N2O2. The molecule has 1 rings (SSSR count). The molecular weight excluding hydrogens is 213 g/mol. The lowest BCUT2D eigenvalue weighted by Crippen LogP contribution is -2.45. The van der Waals surface area contributed by atoms with Gasteiger partial charge in [-0.05, 0) is 12.8 Å². The first-order chi connectivity index (χ1) is 6.97. The van der Waals surface area contributed by atoms with Crippen molar-refractivity contribution in [2.75, 3.05) is 19.7 Å². The Labute approximate surface area is 85.3 Å². The predicted molar refractivity (Wildman–Crippen MR) is 46.0 cm³/mol. The van der Waals surface area contributed by atoms with Crippen molar-refractivity contribution < 1.29 is 22.7 Å². The van der Waals surface area contributed by atoms with Crippen LogP contribution < -0.4 is 5.43 Å². The molecule has 0 aliphatic carbocycles. The van der Waals surface area contributed by atoms with Crippen molar-refractivity contribution in [2.45, 2.75) is 25.4 Å². The predicted octanol–water partition coefficient (Wildman–Crippen LogP) is 1.68. The molecule has 0 spiro atoms. The SMILES string of the molecule is O=C(NN1CCCCC1)OCC(F)(F)F. The van der Waals surface area contributed by atoms with Crippen molar-refractivity contribution in [1.29, 1.82) is 0 Å². The molecule has 0 aromatic rings. The highest BCUT2D eigenvalue weighted by Gasteiger charge is 2.29. The van der Waals surface area contributed by atoms with Gasteiger partial charge in [-0.15, -0.1) is 0 Å². The fourth-order valence-electron chi connectivity index (χ4n) is 1.31. The third kappa shape index (κ3) is 5.46. The molecule has 1 amide bonds. The van der Waals surface area contributed by atoms with Crippen LogP contribution in [0.25, 0.3) is 0 Å². The lowest BCUT2D eigenvalue weighted by molar-refractivity contribution is -0.161. The number of alkyl halides is 3. The molecule has 1 heterocycles. The Hall–Kier alpha value is -0.980. The van der Waals surface area contributed by atoms with Gasteiger partial charge in [0.05, 0.1) is 0 Å². The number of carbonyl (C=O) groups excluding carboxylic acids is 1. The summed E-state index contributed by atoms with van der Waals surface area (Å²) in [5, 5.41) is 1.57. The number of amides is 1. The number of nitrogens with zero attached hydrogens (tertiary/aromatic N) is 1. The lowest BCUT2D eigenvalue weighted by Gasteiger charge is -2.26. The fraction of sp³-hybridized carbons (Fsp3) is 0.875. The zero-order valence-corrected chi connectivity index (χ0v) is 8.14. The van der Waals surface area contributed by atoms with E-state index in [1.54, 1.807) is 5.01 Å². The van der Waals surface area contributed by atoms with E-state index < -0.39 is 18.9 Å². The van der Waals surface area contributed by atoms with Crippen LogP contribution in [0.2, 0.25) is 0 Å². The van der Waals surface area contributed by atoms with Crippen molar-refractivity contribution in [1.82, 2.24) is 10.4 Å². The maximum absolute atomic E-state index is 11.7. The van der Waals surface area contributed by atoms with E-state index >= 15 is 0 Å². The quantitative estimate of drug-likeness (QED) is 0.778. The van der Waals surface area contributed by atoms with E-state index in [1.807, 2.05) is 0 Å². The smallest absolute Gasteiger partial charge is 0.422 e. The third-order valence-electron chi connectivity index (χ3n) is 1.97. The summed E-state index contributed by atoms with van der Waals surface area (Å²) in [7, 11) is 0. The van der Waals surface area contributed by atoms with Gasteiger partial charge >= 0.3 is 12.3 Å². The molecule has 0 unspecified atom stereocenters. The molecule has 4 nitrogen and oxygen atoms in total. The molecule has 0 radical (unpaired) electrons. The highest BCUT2D eigenvalue weighted by molar-refractivity contribution is 5.66. The molecule has 1 aliphatic rings. The number of halogens is 3. The Balaban J connectivity index is 2.17. The van der Waals surface area contributed by atoms with E-state index in [-0.39, 0.29) is 0 Å². The summed E-state index contributed by atoms with van der Waals surface area (Å²) in [4.78, 5) is 10.9. The molecule has 15 heavy (non-hydrogen) atoms. The second-order valence-electron chi connectivity index (χ2n) is 3.35. The normalized spacial score (nSPS) is 18.6. The van der Waals surface area contributed by atoms with Gasteiger partial charge in [-0.3, -0.25) is 5.43 Å². The van der Waals surface area contributed by atoms with Crippen molar-refractivity contribution in [2.24, 2.45) is 0 Å². The number of rotatable bonds is 2. The molecule has 0 aromatic carbocycles. The Bertz CT molecular complexity index is 214. The van der Waals surface area contributed by atoms with Gasteiger partial charge in [0, 0.05) is 13.1 Å². The summed E-state index contributed by atoms with van der Waals surface area (Å²) in [6.07, 6.45) is -2.58. The Morgan fingerprint density at radius 1 is 1.27 bits per heavy atom. The molecule has 7 heteroatoms. The monoisotopic (exact) mass is 226 g/mol. The zero-order valence-electron chi connectivity index (χ0n) is 8.14. The van der Waals surface area contributed by atoms with Crippen LogP contribution in [0.5, 0.6) is 0 Å². The van der Waals surface area contributed by atoms with E-state index in [9.17, 15) is 18.0 Å². The maximum Gasteiger partial charge on any atom is 0.422 e. The van der Waals surface area contributed by atoms with Crippen LogP contribution in [0.4, 0.5) is 18.0 Å². The summed E-state index contributed by atoms with van der Waals surface area (Å²) in [6.45, 7) is -0.241. The van der Waals surface area contributed by atoms with Crippen LogP contribution in [0.3, 0.4) is 0 Å². The number of hydrogen-bond acceptors (Lipinski definition) is 3. The van der Waals surface area contributed by atoms with Crippen LogP contribution in [0.15, 0.2) is 0 Å². The molecule has 0 aromatic heterocycles. The molecule has 0 atom stereocenters. The van der Waals surface area contributed by atoms with Gasteiger partial charge < -0.3 is 4.74 Å². The summed E-state index contributed by atoms with van der Waals surface area (Å²) < 4.78 is 39.0. The Morgan fingerprint density at radius 2 is 1.87 bits per heavy atom. The topological polar surface area (TPSA) is 41.6 Å². The molecule has 0 saturated carbocycles. The highest BCUT2D eigenvalue weighted by Crippen LogP contribution is 2.14. The second kappa shape index (κ2) is 5.20. The standard InChI is InChI=1S/C8H13F3N2O2/c9-8(10,11)6-15-7(14)12-13-4-2-1-3-5-13/h1-6H2,(H,12,14). The maximum atomic E-state index is 11.7. The van der Waals surface area contributed by atoms with E-state index in [2.05, 4.69) is 10.2 Å². The summed E-state index contributed by atoms with van der Waals surface area (Å²) in [5.74, 6) is 0. The third-order valence-corrected chi connectivity index (χ3v) is 1.97. The van der Waals surface area contributed by atoms with Crippen molar-refractivity contribution in [3.05, 3.63) is 0 Å². The Kier molecular flexibility index (Phi) is 4.19. The van der Waals surface area contributed by atoms with Crippen molar-refractivity contribution >= 4 is 6.09 Å². The van der Waals surface area contributed by atoms with Crippen molar-refractivity contribution in [3.63, 3.8) is 0 Å². The van der Waals surface area contributed by atoms with Gasteiger partial charge in [-0.2, -0.15) is 13.2 Å². The van der Waals surface area contributed by atoms with Gasteiger partial charge in [0.15, 0.2) is 6.61 Å². The zero-order chi connectivity index (χ0) is 11.3. The van der Waals surface area contributed by atoms with Crippen LogP contribution >= 0.6 is 0 Å². The van der Waals surface area contributed by atoms with E-state index in [4.69, 9.17) is 0 Å². The molecule has 1 N–H and O–H groups in total. The molecule has 0 bridgehead atoms. The van der Waals surface area contributed by atoms with E-state index in [1.165, 1.54) is 0 Å². The number of piperidine rings is 1. The van der Waals surface area contributed by atoms with Crippen LogP contribution in [0.1, 0.15) is 19.3 Å². The fourth-order valence-corrected chi connectivity index (χ4v) is 1.31. The van der Waals surface area contributed by atoms with Crippen LogP contribution in [-0.4, -0.2) is 37.0 Å². The molecule has 1 saturated heterocycles. The van der Waals surface area contributed by atoms with Gasteiger partial charge in [0.25, 0.3) is 0 Å². The van der Waals surface area contributed by atoms with Crippen LogP contribution in [-0.2, 0) is 4.74 Å². The van der Waals surface area contributed by atoms with E-state index in [0.29, 0.717) is 13.1 Å². The first kappa shape index (κ1) is 12.1.